The minimum Gasteiger partial charge on any atom is -0.358 e. The van der Waals surface area contributed by atoms with E-state index in [1.54, 1.807) is 18.4 Å². The van der Waals surface area contributed by atoms with Crippen LogP contribution in [0.3, 0.4) is 0 Å². The molecule has 0 aliphatic carbocycles. The number of fused-ring (bicyclic) bond motifs is 1. The number of aromatic nitrogens is 4. The molecular formula is C36H66N5O7P. The molecule has 0 atom stereocenters. The highest BCUT2D eigenvalue weighted by atomic mass is 31.2. The lowest BCUT2D eigenvalue weighted by Crippen LogP contribution is -2.22. The predicted molar refractivity (Wildman–Crippen MR) is 197 cm³/mol. The number of carbonyl (C=O) groups is 1. The minimum atomic E-state index is -3.75. The monoisotopic (exact) mass is 711 g/mol. The molecule has 0 radical (unpaired) electrons. The number of nitrogens with zero attached hydrogens (tertiary/aromatic N) is 3. The Hall–Kier alpha value is -2.11. The van der Waals surface area contributed by atoms with Gasteiger partial charge in [0.1, 0.15) is 6.73 Å². The third kappa shape index (κ3) is 19.2. The second kappa shape index (κ2) is 26.7. The van der Waals surface area contributed by atoms with Crippen molar-refractivity contribution in [3.05, 3.63) is 16.7 Å². The minimum absolute atomic E-state index is 0.00365. The van der Waals surface area contributed by atoms with Gasteiger partial charge >= 0.3 is 7.82 Å². The summed E-state index contributed by atoms with van der Waals surface area (Å²) >= 11 is 0. The van der Waals surface area contributed by atoms with Gasteiger partial charge in [-0.05, 0) is 12.8 Å². The smallest absolute Gasteiger partial charge is 0.358 e. The molecule has 0 saturated heterocycles. The number of unbranched alkanes of at least 4 members (excludes halogenated alkanes) is 18. The van der Waals surface area contributed by atoms with Gasteiger partial charge in [-0.3, -0.25) is 38.0 Å². The third-order valence-corrected chi connectivity index (χ3v) is 9.94. The van der Waals surface area contributed by atoms with Crippen LogP contribution in [0.25, 0.3) is 11.2 Å². The van der Waals surface area contributed by atoms with Crippen LogP contribution in [0.4, 0.5) is 5.95 Å². The highest BCUT2D eigenvalue weighted by Gasteiger charge is 2.26. The third-order valence-electron chi connectivity index (χ3n) is 8.44. The molecule has 2 N–H and O–H groups in total. The lowest BCUT2D eigenvalue weighted by molar-refractivity contribution is -0.118. The van der Waals surface area contributed by atoms with E-state index in [9.17, 15) is 14.2 Å². The number of ether oxygens (including phenoxy) is 1. The van der Waals surface area contributed by atoms with E-state index < -0.39 is 13.4 Å². The molecule has 0 aliphatic rings. The van der Waals surface area contributed by atoms with Crippen molar-refractivity contribution < 1.29 is 27.7 Å². The van der Waals surface area contributed by atoms with Crippen molar-refractivity contribution in [1.29, 1.82) is 0 Å². The average Bonchev–Trinajstić information content (AvgIpc) is 3.49. The van der Waals surface area contributed by atoms with Gasteiger partial charge in [-0.1, -0.05) is 143 Å². The van der Waals surface area contributed by atoms with Crippen LogP contribution < -0.4 is 10.9 Å². The number of nitrogens with one attached hydrogen (secondary N) is 2. The molecule has 0 fully saturated rings. The van der Waals surface area contributed by atoms with Crippen molar-refractivity contribution in [2.24, 2.45) is 5.92 Å². The zero-order chi connectivity index (χ0) is 35.6. The molecule has 12 nitrogen and oxygen atoms in total. The molecule has 0 unspecified atom stereocenters. The van der Waals surface area contributed by atoms with Gasteiger partial charge in [0.2, 0.25) is 11.9 Å². The van der Waals surface area contributed by atoms with E-state index in [1.165, 1.54) is 96.2 Å². The zero-order valence-electron chi connectivity index (χ0n) is 31.0. The maximum absolute atomic E-state index is 13.5. The fraction of sp³-hybridized carbons (Fsp3) is 0.833. The summed E-state index contributed by atoms with van der Waals surface area (Å²) in [4.78, 5) is 35.5. The van der Waals surface area contributed by atoms with Gasteiger partial charge in [-0.2, -0.15) is 4.98 Å². The van der Waals surface area contributed by atoms with Crippen molar-refractivity contribution in [1.82, 2.24) is 19.5 Å². The average molecular weight is 712 g/mol. The molecule has 2 rings (SSSR count). The highest BCUT2D eigenvalue weighted by Crippen LogP contribution is 2.49. The Kier molecular flexibility index (Phi) is 23.4. The first-order valence-corrected chi connectivity index (χ1v) is 20.6. The molecule has 1 amide bonds. The van der Waals surface area contributed by atoms with E-state index in [2.05, 4.69) is 34.1 Å². The van der Waals surface area contributed by atoms with Crippen LogP contribution in [0.1, 0.15) is 156 Å². The van der Waals surface area contributed by atoms with E-state index in [-0.39, 0.29) is 48.9 Å². The molecule has 49 heavy (non-hydrogen) atoms. The fourth-order valence-electron chi connectivity index (χ4n) is 5.38. The van der Waals surface area contributed by atoms with E-state index in [4.69, 9.17) is 18.3 Å². The molecule has 13 heteroatoms. The number of imidazole rings is 1. The fourth-order valence-corrected chi connectivity index (χ4v) is 6.61. The Morgan fingerprint density at radius 2 is 1.22 bits per heavy atom. The zero-order valence-corrected chi connectivity index (χ0v) is 31.9. The molecule has 0 aromatic carbocycles. The normalized spacial score (nSPS) is 12.0. The van der Waals surface area contributed by atoms with E-state index in [1.807, 2.05) is 0 Å². The molecule has 0 bridgehead atoms. The van der Waals surface area contributed by atoms with Gasteiger partial charge in [-0.15, -0.1) is 0 Å². The summed E-state index contributed by atoms with van der Waals surface area (Å²) in [7, 11) is -3.75. The molecular weight excluding hydrogens is 645 g/mol. The summed E-state index contributed by atoms with van der Waals surface area (Å²) in [6.45, 7) is 8.75. The first-order valence-electron chi connectivity index (χ1n) is 19.2. The van der Waals surface area contributed by atoms with Crippen molar-refractivity contribution in [2.75, 3.05) is 31.7 Å². The number of aromatic amines is 1. The number of H-pyrrole nitrogens is 1. The van der Waals surface area contributed by atoms with Gasteiger partial charge in [0, 0.05) is 5.92 Å². The maximum atomic E-state index is 13.5. The molecule has 0 saturated carbocycles. The standard InChI is InChI=1S/C36H66N5O7P/c1-5-7-9-11-13-15-17-19-21-23-25-46-49(44,47-26-24-22-20-18-16-14-12-10-8-6-2)48-28-27-45-30-41-29-37-32-33(41)38-36(40-35(32)43)39-34(42)31(3)4/h29,31H,5-28,30H2,1-4H3,(H2,38,39,40,42,43). The summed E-state index contributed by atoms with van der Waals surface area (Å²) in [5, 5.41) is 2.60. The number of phosphoric ester groups is 1. The van der Waals surface area contributed by atoms with Gasteiger partial charge in [0.05, 0.1) is 32.8 Å². The van der Waals surface area contributed by atoms with Gasteiger partial charge in [0.25, 0.3) is 5.56 Å². The van der Waals surface area contributed by atoms with Crippen molar-refractivity contribution >= 4 is 30.8 Å². The molecule has 2 heterocycles. The molecule has 0 spiro atoms. The Morgan fingerprint density at radius 1 is 0.755 bits per heavy atom. The largest absolute Gasteiger partial charge is 0.474 e. The van der Waals surface area contributed by atoms with Crippen LogP contribution in [-0.4, -0.2) is 51.9 Å². The summed E-state index contributed by atoms with van der Waals surface area (Å²) in [5.41, 5.74) is -0.0621. The maximum Gasteiger partial charge on any atom is 0.474 e. The molecule has 282 valence electrons. The number of hydrogen-bond donors (Lipinski definition) is 2. The van der Waals surface area contributed by atoms with Crippen LogP contribution >= 0.6 is 7.82 Å². The first kappa shape index (κ1) is 43.1. The molecule has 0 aliphatic heterocycles. The Balaban J connectivity index is 1.77. The summed E-state index contributed by atoms with van der Waals surface area (Å²) < 4.78 is 37.9. The van der Waals surface area contributed by atoms with Gasteiger partial charge in [-0.25, -0.2) is 9.55 Å². The Morgan fingerprint density at radius 3 is 1.71 bits per heavy atom. The quantitative estimate of drug-likeness (QED) is 0.0559. The van der Waals surface area contributed by atoms with Crippen LogP contribution in [-0.2, 0) is 34.4 Å². The van der Waals surface area contributed by atoms with Crippen LogP contribution in [0.2, 0.25) is 0 Å². The topological polar surface area (TPSA) is 147 Å². The molecule has 2 aromatic heterocycles. The van der Waals surface area contributed by atoms with Gasteiger partial charge in [0.15, 0.2) is 11.2 Å². The van der Waals surface area contributed by atoms with Crippen LogP contribution in [0.15, 0.2) is 11.1 Å². The van der Waals surface area contributed by atoms with Crippen LogP contribution in [0.5, 0.6) is 0 Å². The van der Waals surface area contributed by atoms with Crippen molar-refractivity contribution in [2.45, 2.75) is 163 Å². The van der Waals surface area contributed by atoms with E-state index in [0.29, 0.717) is 13.2 Å². The Bertz CT molecular complexity index is 1220. The van der Waals surface area contributed by atoms with E-state index in [0.717, 1.165) is 38.5 Å². The molecule has 2 aromatic rings. The SMILES string of the molecule is CCCCCCCCCCCCOP(=O)(OCCCCCCCCCCCC)OCCOCn1cnc2c(=O)[nH]c(NC(=O)C(C)C)nc21. The summed E-state index contributed by atoms with van der Waals surface area (Å²) in [6.07, 6.45) is 25.5. The summed E-state index contributed by atoms with van der Waals surface area (Å²) in [6, 6.07) is 0. The second-order valence-corrected chi connectivity index (χ2v) is 15.0. The predicted octanol–water partition coefficient (Wildman–Crippen LogP) is 9.69. The number of rotatable bonds is 32. The number of phosphoric acid groups is 1. The van der Waals surface area contributed by atoms with E-state index >= 15 is 0 Å². The number of anilines is 1. The number of hydrogen-bond acceptors (Lipinski definition) is 9. The highest BCUT2D eigenvalue weighted by molar-refractivity contribution is 7.48. The van der Waals surface area contributed by atoms with Crippen LogP contribution in [0, 0.1) is 5.92 Å². The number of amides is 1. The second-order valence-electron chi connectivity index (χ2n) is 13.3. The summed E-state index contributed by atoms with van der Waals surface area (Å²) in [5.74, 6) is -0.499. The van der Waals surface area contributed by atoms with Gasteiger partial charge < -0.3 is 4.74 Å². The number of carbonyl (C=O) groups excluding carboxylic acids is 1. The first-order chi connectivity index (χ1) is 23.8. The lowest BCUT2D eigenvalue weighted by Gasteiger charge is -2.18. The van der Waals surface area contributed by atoms with Crippen molar-refractivity contribution in [3.63, 3.8) is 0 Å². The Labute approximate surface area is 294 Å². The van der Waals surface area contributed by atoms with Crippen molar-refractivity contribution in [3.8, 4) is 0 Å². The lowest BCUT2D eigenvalue weighted by atomic mass is 10.1.